The fourth-order valence-electron chi connectivity index (χ4n) is 2.72. The molecule has 0 aliphatic heterocycles. The summed E-state index contributed by atoms with van der Waals surface area (Å²) in [4.78, 5) is 36.1. The van der Waals surface area contributed by atoms with E-state index in [1.807, 2.05) is 0 Å². The Morgan fingerprint density at radius 3 is 2.38 bits per heavy atom. The van der Waals surface area contributed by atoms with Gasteiger partial charge >= 0.3 is 0 Å². The molecule has 0 aliphatic carbocycles. The lowest BCUT2D eigenvalue weighted by atomic mass is 10.1. The molecule has 2 aromatic carbocycles. The van der Waals surface area contributed by atoms with E-state index in [9.17, 15) is 19.7 Å². The highest BCUT2D eigenvalue weighted by Gasteiger charge is 2.17. The Morgan fingerprint density at radius 2 is 1.72 bits per heavy atom. The summed E-state index contributed by atoms with van der Waals surface area (Å²) >= 11 is 7.43. The number of halogens is 1. The number of nitrogens with one attached hydrogen (secondary N) is 2. The molecule has 148 valence electrons. The summed E-state index contributed by atoms with van der Waals surface area (Å²) in [7, 11) is 0. The number of anilines is 2. The van der Waals surface area contributed by atoms with Gasteiger partial charge in [0.15, 0.2) is 0 Å². The van der Waals surface area contributed by atoms with Crippen LogP contribution in [0.2, 0.25) is 5.02 Å². The first-order valence-electron chi connectivity index (χ1n) is 8.47. The van der Waals surface area contributed by atoms with Crippen LogP contribution in [0.15, 0.2) is 47.8 Å². The van der Waals surface area contributed by atoms with Crippen LogP contribution < -0.4 is 10.6 Å². The third-order valence-corrected chi connectivity index (χ3v) is 5.41. The van der Waals surface area contributed by atoms with E-state index in [1.165, 1.54) is 35.6 Å². The molecule has 0 saturated carbocycles. The first-order valence-corrected chi connectivity index (χ1v) is 9.73. The van der Waals surface area contributed by atoms with Crippen LogP contribution in [0.4, 0.5) is 17.1 Å². The van der Waals surface area contributed by atoms with Gasteiger partial charge in [-0.1, -0.05) is 17.7 Å². The number of benzene rings is 2. The Bertz CT molecular complexity index is 1110. The van der Waals surface area contributed by atoms with Crippen LogP contribution in [-0.4, -0.2) is 16.7 Å². The van der Waals surface area contributed by atoms with Gasteiger partial charge in [0.1, 0.15) is 0 Å². The Kier molecular flexibility index (Phi) is 5.95. The summed E-state index contributed by atoms with van der Waals surface area (Å²) in [6, 6.07) is 10.9. The van der Waals surface area contributed by atoms with Gasteiger partial charge in [-0.25, -0.2) is 0 Å². The van der Waals surface area contributed by atoms with E-state index in [4.69, 9.17) is 11.6 Å². The van der Waals surface area contributed by atoms with Crippen molar-refractivity contribution < 1.29 is 14.5 Å². The van der Waals surface area contributed by atoms with E-state index < -0.39 is 10.8 Å². The number of carbonyl (C=O) groups excluding carboxylic acids is 2. The summed E-state index contributed by atoms with van der Waals surface area (Å²) in [6.45, 7) is 3.39. The van der Waals surface area contributed by atoms with Gasteiger partial charge in [-0.15, -0.1) is 11.3 Å². The van der Waals surface area contributed by atoms with Gasteiger partial charge in [0.05, 0.1) is 26.2 Å². The Morgan fingerprint density at radius 1 is 1.00 bits per heavy atom. The van der Waals surface area contributed by atoms with Crippen molar-refractivity contribution in [1.82, 2.24) is 0 Å². The summed E-state index contributed by atoms with van der Waals surface area (Å²) in [6.07, 6.45) is 0. The Hall–Kier alpha value is -3.23. The van der Waals surface area contributed by atoms with Crippen molar-refractivity contribution >= 4 is 51.8 Å². The van der Waals surface area contributed by atoms with Gasteiger partial charge in [0, 0.05) is 17.2 Å². The van der Waals surface area contributed by atoms with E-state index >= 15 is 0 Å². The van der Waals surface area contributed by atoms with E-state index in [-0.39, 0.29) is 22.2 Å². The van der Waals surface area contributed by atoms with Crippen molar-refractivity contribution in [3.05, 3.63) is 84.5 Å². The second-order valence-corrected chi connectivity index (χ2v) is 7.65. The number of thiophene rings is 1. The summed E-state index contributed by atoms with van der Waals surface area (Å²) in [5, 5.41) is 18.6. The first kappa shape index (κ1) is 20.5. The first-order chi connectivity index (χ1) is 13.8. The largest absolute Gasteiger partial charge is 0.321 e. The van der Waals surface area contributed by atoms with Crippen LogP contribution in [0.3, 0.4) is 0 Å². The van der Waals surface area contributed by atoms with Crippen LogP contribution in [0, 0.1) is 24.0 Å². The summed E-state index contributed by atoms with van der Waals surface area (Å²) in [5.41, 5.74) is 2.01. The molecule has 0 spiro atoms. The molecular weight excluding hydrogens is 414 g/mol. The molecule has 2 amide bonds. The lowest BCUT2D eigenvalue weighted by molar-refractivity contribution is -0.385. The van der Waals surface area contributed by atoms with Gasteiger partial charge in [0.2, 0.25) is 0 Å². The molecule has 3 aromatic rings. The summed E-state index contributed by atoms with van der Waals surface area (Å²) < 4.78 is 0. The average molecular weight is 430 g/mol. The number of hydrogen-bond donors (Lipinski definition) is 2. The van der Waals surface area contributed by atoms with Crippen molar-refractivity contribution in [2.24, 2.45) is 0 Å². The van der Waals surface area contributed by atoms with Gasteiger partial charge in [0.25, 0.3) is 17.5 Å². The molecule has 0 bridgehead atoms. The molecule has 0 saturated heterocycles. The predicted octanol–water partition coefficient (Wildman–Crippen LogP) is 5.43. The number of nitro benzene ring substituents is 1. The van der Waals surface area contributed by atoms with Gasteiger partial charge in [-0.3, -0.25) is 19.7 Å². The maximum atomic E-state index is 12.7. The molecule has 0 fully saturated rings. The average Bonchev–Trinajstić information content (AvgIpc) is 3.20. The monoisotopic (exact) mass is 429 g/mol. The molecule has 1 heterocycles. The molecule has 29 heavy (non-hydrogen) atoms. The molecule has 2 N–H and O–H groups in total. The molecule has 7 nitrogen and oxygen atoms in total. The van der Waals surface area contributed by atoms with E-state index in [0.29, 0.717) is 27.4 Å². The normalized spacial score (nSPS) is 10.4. The second kappa shape index (κ2) is 8.42. The molecule has 3 rings (SSSR count). The highest BCUT2D eigenvalue weighted by Crippen LogP contribution is 2.28. The zero-order valence-electron chi connectivity index (χ0n) is 15.5. The van der Waals surface area contributed by atoms with Crippen LogP contribution in [0.5, 0.6) is 0 Å². The predicted molar refractivity (Wildman–Crippen MR) is 114 cm³/mol. The van der Waals surface area contributed by atoms with Crippen LogP contribution in [-0.2, 0) is 0 Å². The van der Waals surface area contributed by atoms with Crippen LogP contribution in [0.1, 0.15) is 31.2 Å². The van der Waals surface area contributed by atoms with Crippen molar-refractivity contribution in [1.29, 1.82) is 0 Å². The number of aryl methyl sites for hydroxylation is 2. The van der Waals surface area contributed by atoms with Crippen molar-refractivity contribution in [3.8, 4) is 0 Å². The minimum absolute atomic E-state index is 0.0779. The fourth-order valence-corrected chi connectivity index (χ4v) is 3.50. The molecule has 0 unspecified atom stereocenters. The topological polar surface area (TPSA) is 101 Å². The fraction of sp³-hybridized carbons (Fsp3) is 0.100. The number of rotatable bonds is 5. The summed E-state index contributed by atoms with van der Waals surface area (Å²) in [5.74, 6) is -0.806. The Labute approximate surface area is 175 Å². The molecule has 9 heteroatoms. The number of carbonyl (C=O) groups is 2. The molecular formula is C20H16ClN3O4S. The maximum Gasteiger partial charge on any atom is 0.274 e. The highest BCUT2D eigenvalue weighted by atomic mass is 35.5. The van der Waals surface area contributed by atoms with Crippen molar-refractivity contribution in [3.63, 3.8) is 0 Å². The second-order valence-electron chi connectivity index (χ2n) is 6.29. The SMILES string of the molecule is Cc1cc(C)c([N+](=O)[O-])cc1NC(=O)c1ccc(Cl)c(NC(=O)c2cccs2)c1. The third kappa shape index (κ3) is 4.61. The lowest BCUT2D eigenvalue weighted by Crippen LogP contribution is -2.15. The van der Waals surface area contributed by atoms with Gasteiger partial charge < -0.3 is 10.6 Å². The van der Waals surface area contributed by atoms with Crippen LogP contribution >= 0.6 is 22.9 Å². The van der Waals surface area contributed by atoms with Gasteiger partial charge in [-0.2, -0.15) is 0 Å². The Balaban J connectivity index is 1.84. The van der Waals surface area contributed by atoms with E-state index in [2.05, 4.69) is 10.6 Å². The molecule has 1 aromatic heterocycles. The number of nitro groups is 1. The van der Waals surface area contributed by atoms with E-state index in [1.54, 1.807) is 37.4 Å². The zero-order chi connectivity index (χ0) is 21.1. The molecule has 0 atom stereocenters. The minimum atomic E-state index is -0.495. The number of hydrogen-bond acceptors (Lipinski definition) is 5. The number of amides is 2. The number of nitrogens with zero attached hydrogens (tertiary/aromatic N) is 1. The lowest BCUT2D eigenvalue weighted by Gasteiger charge is -2.12. The quantitative estimate of drug-likeness (QED) is 0.417. The van der Waals surface area contributed by atoms with Crippen molar-refractivity contribution in [2.75, 3.05) is 10.6 Å². The minimum Gasteiger partial charge on any atom is -0.321 e. The molecule has 0 radical (unpaired) electrons. The molecule has 0 aliphatic rings. The van der Waals surface area contributed by atoms with E-state index in [0.717, 1.165) is 0 Å². The van der Waals surface area contributed by atoms with Gasteiger partial charge in [-0.05, 0) is 55.1 Å². The third-order valence-electron chi connectivity index (χ3n) is 4.21. The highest BCUT2D eigenvalue weighted by molar-refractivity contribution is 7.12. The maximum absolute atomic E-state index is 12.7. The standard InChI is InChI=1S/C20H16ClN3O4S/c1-11-8-12(2)17(24(27)28)10-15(11)22-19(25)13-5-6-14(21)16(9-13)23-20(26)18-4-3-7-29-18/h3-10H,1-2H3,(H,22,25)(H,23,26). The van der Waals surface area contributed by atoms with Crippen LogP contribution in [0.25, 0.3) is 0 Å². The smallest absolute Gasteiger partial charge is 0.274 e. The zero-order valence-corrected chi connectivity index (χ0v) is 17.1. The van der Waals surface area contributed by atoms with Crippen molar-refractivity contribution in [2.45, 2.75) is 13.8 Å².